The molecule has 0 amide bonds. The molecule has 0 bridgehead atoms. The standard InChI is InChI=1S/C16H11Cl2FO/c17-10-2-3-12-6-8-14(9-7-12)20-11-13-4-1-5-15(19)16(13)18/h1,4-9H,10-11H2. The number of hydrogen-bond donors (Lipinski definition) is 0. The summed E-state index contributed by atoms with van der Waals surface area (Å²) in [4.78, 5) is 0. The molecule has 102 valence electrons. The second kappa shape index (κ2) is 7.19. The van der Waals surface area contributed by atoms with E-state index in [2.05, 4.69) is 11.8 Å². The summed E-state index contributed by atoms with van der Waals surface area (Å²) in [5, 5.41) is 0.0945. The van der Waals surface area contributed by atoms with Gasteiger partial charge in [0.05, 0.1) is 10.9 Å². The maximum absolute atomic E-state index is 13.3. The molecule has 0 fully saturated rings. The van der Waals surface area contributed by atoms with Crippen molar-refractivity contribution in [1.29, 1.82) is 0 Å². The second-order valence-electron chi connectivity index (χ2n) is 3.96. The van der Waals surface area contributed by atoms with Gasteiger partial charge in [-0.25, -0.2) is 4.39 Å². The molecule has 0 unspecified atom stereocenters. The van der Waals surface area contributed by atoms with Crippen molar-refractivity contribution in [3.8, 4) is 17.6 Å². The Morgan fingerprint density at radius 2 is 1.85 bits per heavy atom. The van der Waals surface area contributed by atoms with Gasteiger partial charge in [0.15, 0.2) is 0 Å². The third-order valence-corrected chi connectivity index (χ3v) is 3.14. The van der Waals surface area contributed by atoms with Crippen LogP contribution in [-0.2, 0) is 6.61 Å². The smallest absolute Gasteiger partial charge is 0.142 e. The van der Waals surface area contributed by atoms with Crippen LogP contribution in [0.15, 0.2) is 42.5 Å². The quantitative estimate of drug-likeness (QED) is 0.592. The van der Waals surface area contributed by atoms with Crippen LogP contribution in [0.25, 0.3) is 0 Å². The van der Waals surface area contributed by atoms with Crippen molar-refractivity contribution < 1.29 is 9.13 Å². The maximum atomic E-state index is 13.3. The van der Waals surface area contributed by atoms with Crippen LogP contribution >= 0.6 is 23.2 Å². The van der Waals surface area contributed by atoms with Crippen molar-refractivity contribution in [2.45, 2.75) is 6.61 Å². The minimum Gasteiger partial charge on any atom is -0.489 e. The molecular weight excluding hydrogens is 298 g/mol. The first-order valence-corrected chi connectivity index (χ1v) is 6.82. The van der Waals surface area contributed by atoms with Gasteiger partial charge >= 0.3 is 0 Å². The van der Waals surface area contributed by atoms with Gasteiger partial charge in [0.25, 0.3) is 0 Å². The lowest BCUT2D eigenvalue weighted by Crippen LogP contribution is -1.97. The number of alkyl halides is 1. The lowest BCUT2D eigenvalue weighted by molar-refractivity contribution is 0.305. The molecule has 0 radical (unpaired) electrons. The molecule has 0 aliphatic carbocycles. The van der Waals surface area contributed by atoms with Gasteiger partial charge in [-0.2, -0.15) is 0 Å². The van der Waals surface area contributed by atoms with Crippen molar-refractivity contribution >= 4 is 23.2 Å². The molecule has 0 spiro atoms. The van der Waals surface area contributed by atoms with Gasteiger partial charge in [-0.1, -0.05) is 35.6 Å². The molecule has 20 heavy (non-hydrogen) atoms. The predicted molar refractivity (Wildman–Crippen MR) is 79.8 cm³/mol. The number of benzene rings is 2. The molecule has 1 nitrogen and oxygen atoms in total. The van der Waals surface area contributed by atoms with E-state index in [0.717, 1.165) is 5.56 Å². The van der Waals surface area contributed by atoms with E-state index in [0.29, 0.717) is 17.2 Å². The van der Waals surface area contributed by atoms with Crippen LogP contribution in [0, 0.1) is 17.7 Å². The van der Waals surface area contributed by atoms with E-state index in [-0.39, 0.29) is 11.6 Å². The van der Waals surface area contributed by atoms with E-state index in [1.165, 1.54) is 6.07 Å². The number of hydrogen-bond acceptors (Lipinski definition) is 1. The normalized spacial score (nSPS) is 9.75. The van der Waals surface area contributed by atoms with Crippen molar-refractivity contribution in [3.63, 3.8) is 0 Å². The van der Waals surface area contributed by atoms with Crippen LogP contribution in [0.2, 0.25) is 5.02 Å². The van der Waals surface area contributed by atoms with Gasteiger partial charge in [-0.15, -0.1) is 11.6 Å². The highest BCUT2D eigenvalue weighted by Gasteiger charge is 2.06. The number of ether oxygens (including phenoxy) is 1. The topological polar surface area (TPSA) is 9.23 Å². The summed E-state index contributed by atoms with van der Waals surface area (Å²) in [6.07, 6.45) is 0. The Morgan fingerprint density at radius 1 is 1.10 bits per heavy atom. The molecule has 2 aromatic carbocycles. The highest BCUT2D eigenvalue weighted by Crippen LogP contribution is 2.21. The second-order valence-corrected chi connectivity index (χ2v) is 4.61. The van der Waals surface area contributed by atoms with Crippen LogP contribution in [0.1, 0.15) is 11.1 Å². The molecule has 0 saturated carbocycles. The van der Waals surface area contributed by atoms with E-state index in [1.807, 2.05) is 12.1 Å². The summed E-state index contributed by atoms with van der Waals surface area (Å²) >= 11 is 11.3. The van der Waals surface area contributed by atoms with Crippen LogP contribution in [0.4, 0.5) is 4.39 Å². The summed E-state index contributed by atoms with van der Waals surface area (Å²) < 4.78 is 18.8. The average molecular weight is 309 g/mol. The van der Waals surface area contributed by atoms with Crippen LogP contribution in [0.3, 0.4) is 0 Å². The molecule has 0 atom stereocenters. The Bertz CT molecular complexity index is 642. The first kappa shape index (κ1) is 14.7. The lowest BCUT2D eigenvalue weighted by atomic mass is 10.2. The number of halogens is 3. The zero-order valence-electron chi connectivity index (χ0n) is 10.5. The lowest BCUT2D eigenvalue weighted by Gasteiger charge is -2.08. The minimum absolute atomic E-state index is 0.0945. The Labute approximate surface area is 127 Å². The molecular formula is C16H11Cl2FO. The SMILES string of the molecule is Fc1cccc(COc2ccc(C#CCCl)cc2)c1Cl. The zero-order chi connectivity index (χ0) is 14.4. The van der Waals surface area contributed by atoms with Gasteiger partial charge < -0.3 is 4.74 Å². The van der Waals surface area contributed by atoms with E-state index in [1.54, 1.807) is 24.3 Å². The summed E-state index contributed by atoms with van der Waals surface area (Å²) in [5.74, 6) is 6.20. The Morgan fingerprint density at radius 3 is 2.55 bits per heavy atom. The first-order valence-electron chi connectivity index (χ1n) is 5.91. The summed E-state index contributed by atoms with van der Waals surface area (Å²) in [6, 6.07) is 11.9. The Balaban J connectivity index is 2.02. The molecule has 4 heteroatoms. The largest absolute Gasteiger partial charge is 0.489 e. The molecule has 0 saturated heterocycles. The van der Waals surface area contributed by atoms with Crippen molar-refractivity contribution in [3.05, 3.63) is 64.4 Å². The molecule has 0 aliphatic rings. The van der Waals surface area contributed by atoms with Crippen LogP contribution < -0.4 is 4.74 Å². The van der Waals surface area contributed by atoms with E-state index in [9.17, 15) is 4.39 Å². The Kier molecular flexibility index (Phi) is 5.29. The fraction of sp³-hybridized carbons (Fsp3) is 0.125. The summed E-state index contributed by atoms with van der Waals surface area (Å²) in [7, 11) is 0. The predicted octanol–water partition coefficient (Wildman–Crippen LogP) is 4.65. The monoisotopic (exact) mass is 308 g/mol. The zero-order valence-corrected chi connectivity index (χ0v) is 12.0. The molecule has 0 heterocycles. The maximum Gasteiger partial charge on any atom is 0.142 e. The highest BCUT2D eigenvalue weighted by atomic mass is 35.5. The van der Waals surface area contributed by atoms with Crippen LogP contribution in [-0.4, -0.2) is 5.88 Å². The third-order valence-electron chi connectivity index (χ3n) is 2.58. The highest BCUT2D eigenvalue weighted by molar-refractivity contribution is 6.31. The summed E-state index contributed by atoms with van der Waals surface area (Å²) in [6.45, 7) is 0.212. The van der Waals surface area contributed by atoms with Gasteiger partial charge in [0.2, 0.25) is 0 Å². The first-order chi connectivity index (χ1) is 9.70. The average Bonchev–Trinajstić information content (AvgIpc) is 2.48. The van der Waals surface area contributed by atoms with Gasteiger partial charge in [0, 0.05) is 11.1 Å². The molecule has 2 rings (SSSR count). The van der Waals surface area contributed by atoms with Crippen molar-refractivity contribution in [1.82, 2.24) is 0 Å². The fourth-order valence-electron chi connectivity index (χ4n) is 1.59. The minimum atomic E-state index is -0.445. The fourth-order valence-corrected chi connectivity index (χ4v) is 1.84. The Hall–Kier alpha value is -1.69. The van der Waals surface area contributed by atoms with E-state index >= 15 is 0 Å². The third kappa shape index (κ3) is 3.90. The molecule has 0 aromatic heterocycles. The van der Waals surface area contributed by atoms with Gasteiger partial charge in [-0.3, -0.25) is 0 Å². The van der Waals surface area contributed by atoms with Crippen molar-refractivity contribution in [2.75, 3.05) is 5.88 Å². The van der Waals surface area contributed by atoms with E-state index < -0.39 is 5.82 Å². The number of rotatable bonds is 3. The van der Waals surface area contributed by atoms with Crippen molar-refractivity contribution in [2.24, 2.45) is 0 Å². The van der Waals surface area contributed by atoms with E-state index in [4.69, 9.17) is 27.9 Å². The van der Waals surface area contributed by atoms with Gasteiger partial charge in [0.1, 0.15) is 18.2 Å². The van der Waals surface area contributed by atoms with Gasteiger partial charge in [-0.05, 0) is 30.3 Å². The molecule has 2 aromatic rings. The van der Waals surface area contributed by atoms with Crippen LogP contribution in [0.5, 0.6) is 5.75 Å². The molecule has 0 N–H and O–H groups in total. The molecule has 0 aliphatic heterocycles. The summed E-state index contributed by atoms with van der Waals surface area (Å²) in [5.41, 5.74) is 1.47.